The number of carbonyl (C=O) groups is 1. The zero-order chi connectivity index (χ0) is 17.6. The zero-order valence-electron chi connectivity index (χ0n) is 14.1. The fraction of sp³-hybridized carbons (Fsp3) is 0.300. The van der Waals surface area contributed by atoms with E-state index in [0.29, 0.717) is 10.8 Å². The molecule has 0 bridgehead atoms. The SMILES string of the molecule is COc1ccc(/C=C(/C(=O)O)c2ccncc2)cc1SC1CCCC1. The van der Waals surface area contributed by atoms with E-state index in [1.165, 1.54) is 25.7 Å². The molecular weight excluding hydrogens is 334 g/mol. The highest BCUT2D eigenvalue weighted by molar-refractivity contribution is 8.00. The summed E-state index contributed by atoms with van der Waals surface area (Å²) in [6.07, 6.45) is 9.92. The summed E-state index contributed by atoms with van der Waals surface area (Å²) in [6.45, 7) is 0. The van der Waals surface area contributed by atoms with Crippen molar-refractivity contribution in [2.45, 2.75) is 35.8 Å². The number of aromatic nitrogens is 1. The lowest BCUT2D eigenvalue weighted by molar-refractivity contribution is -0.130. The minimum atomic E-state index is -0.952. The van der Waals surface area contributed by atoms with Crippen LogP contribution in [-0.4, -0.2) is 28.4 Å². The number of hydrogen-bond donors (Lipinski definition) is 1. The molecule has 1 heterocycles. The second-order valence-corrected chi connectivity index (χ2v) is 7.38. The number of rotatable bonds is 6. The first kappa shape index (κ1) is 17.5. The van der Waals surface area contributed by atoms with Gasteiger partial charge < -0.3 is 9.84 Å². The van der Waals surface area contributed by atoms with E-state index in [4.69, 9.17) is 4.74 Å². The first-order valence-electron chi connectivity index (χ1n) is 8.37. The minimum absolute atomic E-state index is 0.254. The number of benzene rings is 1. The van der Waals surface area contributed by atoms with Crippen LogP contribution in [0.25, 0.3) is 11.6 Å². The normalized spacial score (nSPS) is 15.3. The van der Waals surface area contributed by atoms with Gasteiger partial charge in [0.25, 0.3) is 0 Å². The van der Waals surface area contributed by atoms with Gasteiger partial charge in [-0.1, -0.05) is 18.9 Å². The van der Waals surface area contributed by atoms with Crippen molar-refractivity contribution in [3.8, 4) is 5.75 Å². The molecule has 0 atom stereocenters. The van der Waals surface area contributed by atoms with E-state index >= 15 is 0 Å². The van der Waals surface area contributed by atoms with Crippen molar-refractivity contribution in [1.82, 2.24) is 4.98 Å². The Morgan fingerprint density at radius 2 is 1.96 bits per heavy atom. The molecule has 1 fully saturated rings. The Hall–Kier alpha value is -2.27. The van der Waals surface area contributed by atoms with Crippen LogP contribution in [0.2, 0.25) is 0 Å². The van der Waals surface area contributed by atoms with Crippen molar-refractivity contribution in [2.24, 2.45) is 0 Å². The summed E-state index contributed by atoms with van der Waals surface area (Å²) < 4.78 is 5.48. The van der Waals surface area contributed by atoms with E-state index in [1.54, 1.807) is 37.7 Å². The van der Waals surface area contributed by atoms with Gasteiger partial charge in [-0.25, -0.2) is 4.79 Å². The molecule has 130 valence electrons. The third-order valence-electron chi connectivity index (χ3n) is 4.32. The molecule has 1 N–H and O–H groups in total. The molecule has 0 aliphatic heterocycles. The lowest BCUT2D eigenvalue weighted by Crippen LogP contribution is -2.00. The van der Waals surface area contributed by atoms with Gasteiger partial charge in [-0.05, 0) is 54.3 Å². The highest BCUT2D eigenvalue weighted by Crippen LogP contribution is 2.39. The van der Waals surface area contributed by atoms with Crippen molar-refractivity contribution >= 4 is 29.4 Å². The molecule has 0 unspecified atom stereocenters. The van der Waals surface area contributed by atoms with Crippen LogP contribution in [0.4, 0.5) is 0 Å². The van der Waals surface area contributed by atoms with Gasteiger partial charge >= 0.3 is 5.97 Å². The van der Waals surface area contributed by atoms with Gasteiger partial charge in [0.2, 0.25) is 0 Å². The summed E-state index contributed by atoms with van der Waals surface area (Å²) >= 11 is 1.84. The number of carboxylic acids is 1. The summed E-state index contributed by atoms with van der Waals surface area (Å²) in [7, 11) is 1.67. The standard InChI is InChI=1S/C20H21NO3S/c1-24-18-7-6-14(13-19(18)25-16-4-2-3-5-16)12-17(20(22)23)15-8-10-21-11-9-15/h6-13,16H,2-5H2,1H3,(H,22,23)/b17-12+. The van der Waals surface area contributed by atoms with E-state index in [1.807, 2.05) is 30.0 Å². The first-order chi connectivity index (χ1) is 12.2. The van der Waals surface area contributed by atoms with Crippen LogP contribution < -0.4 is 4.74 Å². The van der Waals surface area contributed by atoms with Crippen molar-refractivity contribution < 1.29 is 14.6 Å². The van der Waals surface area contributed by atoms with Crippen LogP contribution >= 0.6 is 11.8 Å². The third kappa shape index (κ3) is 4.42. The highest BCUT2D eigenvalue weighted by atomic mass is 32.2. The van der Waals surface area contributed by atoms with Crippen molar-refractivity contribution in [3.05, 3.63) is 53.9 Å². The van der Waals surface area contributed by atoms with Gasteiger partial charge in [0.15, 0.2) is 0 Å². The van der Waals surface area contributed by atoms with E-state index in [2.05, 4.69) is 4.98 Å². The Balaban J connectivity index is 1.93. The topological polar surface area (TPSA) is 59.4 Å². The molecule has 1 aromatic heterocycles. The molecule has 0 saturated heterocycles. The number of nitrogens with zero attached hydrogens (tertiary/aromatic N) is 1. The van der Waals surface area contributed by atoms with Gasteiger partial charge in [-0.3, -0.25) is 4.98 Å². The Morgan fingerprint density at radius 3 is 2.60 bits per heavy atom. The summed E-state index contributed by atoms with van der Waals surface area (Å²) in [6, 6.07) is 9.23. The van der Waals surface area contributed by atoms with Crippen LogP contribution in [0.5, 0.6) is 5.75 Å². The molecule has 2 aromatic rings. The zero-order valence-corrected chi connectivity index (χ0v) is 15.0. The van der Waals surface area contributed by atoms with Crippen LogP contribution in [0.1, 0.15) is 36.8 Å². The number of hydrogen-bond acceptors (Lipinski definition) is 4. The highest BCUT2D eigenvalue weighted by Gasteiger charge is 2.18. The molecule has 3 rings (SSSR count). The van der Waals surface area contributed by atoms with Gasteiger partial charge in [0.05, 0.1) is 17.6 Å². The smallest absolute Gasteiger partial charge is 0.336 e. The van der Waals surface area contributed by atoms with Crippen molar-refractivity contribution in [3.63, 3.8) is 0 Å². The predicted molar refractivity (Wildman–Crippen MR) is 101 cm³/mol. The van der Waals surface area contributed by atoms with E-state index in [-0.39, 0.29) is 5.57 Å². The monoisotopic (exact) mass is 355 g/mol. The van der Waals surface area contributed by atoms with Gasteiger partial charge in [-0.15, -0.1) is 11.8 Å². The number of carboxylic acid groups (broad SMARTS) is 1. The molecule has 25 heavy (non-hydrogen) atoms. The number of ether oxygens (including phenoxy) is 1. The molecule has 4 nitrogen and oxygen atoms in total. The van der Waals surface area contributed by atoms with Gasteiger partial charge in [-0.2, -0.15) is 0 Å². The Kier molecular flexibility index (Phi) is 5.76. The largest absolute Gasteiger partial charge is 0.496 e. The average molecular weight is 355 g/mol. The third-order valence-corrected chi connectivity index (χ3v) is 5.69. The van der Waals surface area contributed by atoms with Crippen molar-refractivity contribution in [2.75, 3.05) is 7.11 Å². The molecule has 1 saturated carbocycles. The molecule has 0 amide bonds. The number of aliphatic carboxylic acids is 1. The van der Waals surface area contributed by atoms with Crippen LogP contribution in [0, 0.1) is 0 Å². The summed E-state index contributed by atoms with van der Waals surface area (Å²) in [4.78, 5) is 16.7. The van der Waals surface area contributed by atoms with Crippen LogP contribution in [0.15, 0.2) is 47.6 Å². The maximum Gasteiger partial charge on any atom is 0.336 e. The number of thioether (sulfide) groups is 1. The lowest BCUT2D eigenvalue weighted by Gasteiger charge is -2.13. The van der Waals surface area contributed by atoms with E-state index in [0.717, 1.165) is 16.2 Å². The fourth-order valence-electron chi connectivity index (χ4n) is 3.03. The predicted octanol–water partition coefficient (Wildman–Crippen LogP) is 4.75. The summed E-state index contributed by atoms with van der Waals surface area (Å²) in [5.41, 5.74) is 1.75. The number of methoxy groups -OCH3 is 1. The molecule has 1 aromatic carbocycles. The first-order valence-corrected chi connectivity index (χ1v) is 9.25. The maximum absolute atomic E-state index is 11.7. The van der Waals surface area contributed by atoms with Gasteiger partial charge in [0, 0.05) is 17.6 Å². The second-order valence-electron chi connectivity index (χ2n) is 6.03. The Bertz CT molecular complexity index is 768. The molecule has 0 radical (unpaired) electrons. The summed E-state index contributed by atoms with van der Waals surface area (Å²) in [5.74, 6) is -0.109. The average Bonchev–Trinajstić information content (AvgIpc) is 3.13. The molecule has 0 spiro atoms. The van der Waals surface area contributed by atoms with E-state index in [9.17, 15) is 9.90 Å². The molecule has 5 heteroatoms. The lowest BCUT2D eigenvalue weighted by atomic mass is 10.0. The van der Waals surface area contributed by atoms with Crippen molar-refractivity contribution in [1.29, 1.82) is 0 Å². The molecule has 1 aliphatic rings. The van der Waals surface area contributed by atoms with E-state index < -0.39 is 5.97 Å². The fourth-order valence-corrected chi connectivity index (χ4v) is 4.43. The molecular formula is C20H21NO3S. The van der Waals surface area contributed by atoms with Crippen LogP contribution in [-0.2, 0) is 4.79 Å². The summed E-state index contributed by atoms with van der Waals surface area (Å²) in [5, 5.41) is 10.2. The second kappa shape index (κ2) is 8.21. The maximum atomic E-state index is 11.7. The minimum Gasteiger partial charge on any atom is -0.496 e. The quantitative estimate of drug-likeness (QED) is 0.758. The number of pyridine rings is 1. The molecule has 1 aliphatic carbocycles. The van der Waals surface area contributed by atoms with Gasteiger partial charge in [0.1, 0.15) is 5.75 Å². The Morgan fingerprint density at radius 1 is 1.24 bits per heavy atom. The Labute approximate surface area is 151 Å². The van der Waals surface area contributed by atoms with Crippen LogP contribution in [0.3, 0.4) is 0 Å².